The van der Waals surface area contributed by atoms with Crippen LogP contribution in [0.2, 0.25) is 0 Å². The molecular weight excluding hydrogens is 236 g/mol. The third-order valence-corrected chi connectivity index (χ3v) is 3.97. The van der Waals surface area contributed by atoms with Gasteiger partial charge >= 0.3 is 0 Å². The fourth-order valence-electron chi connectivity index (χ4n) is 2.46. The molecule has 19 heavy (non-hydrogen) atoms. The fraction of sp³-hybridized carbons (Fsp3) is 0.800. The molecule has 1 unspecified atom stereocenters. The van der Waals surface area contributed by atoms with Crippen LogP contribution < -0.4 is 5.32 Å². The van der Waals surface area contributed by atoms with Crippen LogP contribution in [0.5, 0.6) is 0 Å². The number of aryl methyl sites for hydroxylation is 2. The van der Waals surface area contributed by atoms with Gasteiger partial charge in [0.15, 0.2) is 0 Å². The van der Waals surface area contributed by atoms with Crippen LogP contribution in [0, 0.1) is 13.8 Å². The molecule has 4 nitrogen and oxygen atoms in total. The van der Waals surface area contributed by atoms with Crippen molar-refractivity contribution in [1.82, 2.24) is 20.0 Å². The molecular formula is C15H30N4. The third kappa shape index (κ3) is 4.05. The molecule has 1 N–H and O–H groups in total. The molecule has 0 amide bonds. The Morgan fingerprint density at radius 1 is 1.26 bits per heavy atom. The van der Waals surface area contributed by atoms with Gasteiger partial charge in [0.1, 0.15) is 0 Å². The van der Waals surface area contributed by atoms with Gasteiger partial charge in [-0.2, -0.15) is 5.10 Å². The molecule has 0 aliphatic rings. The summed E-state index contributed by atoms with van der Waals surface area (Å²) in [5.41, 5.74) is 3.79. The third-order valence-electron chi connectivity index (χ3n) is 3.97. The molecule has 0 radical (unpaired) electrons. The number of nitrogens with one attached hydrogen (secondary N) is 1. The molecule has 0 aliphatic carbocycles. The van der Waals surface area contributed by atoms with Crippen LogP contribution in [0.25, 0.3) is 0 Å². The maximum absolute atomic E-state index is 4.59. The highest BCUT2D eigenvalue weighted by molar-refractivity contribution is 5.27. The molecule has 0 bridgehead atoms. The molecule has 110 valence electrons. The summed E-state index contributed by atoms with van der Waals surface area (Å²) in [6.07, 6.45) is 0. The van der Waals surface area contributed by atoms with Crippen LogP contribution in [-0.4, -0.2) is 40.9 Å². The van der Waals surface area contributed by atoms with E-state index in [0.717, 1.165) is 25.3 Å². The first kappa shape index (κ1) is 16.2. The molecule has 0 saturated carbocycles. The molecule has 1 atom stereocenters. The summed E-state index contributed by atoms with van der Waals surface area (Å²) in [5, 5.41) is 8.20. The molecule has 0 fully saturated rings. The van der Waals surface area contributed by atoms with Crippen molar-refractivity contribution in [1.29, 1.82) is 0 Å². The van der Waals surface area contributed by atoms with E-state index >= 15 is 0 Å². The Morgan fingerprint density at radius 3 is 2.37 bits per heavy atom. The summed E-state index contributed by atoms with van der Waals surface area (Å²) in [4.78, 5) is 2.36. The zero-order chi connectivity index (χ0) is 14.6. The van der Waals surface area contributed by atoms with E-state index in [1.165, 1.54) is 11.3 Å². The minimum Gasteiger partial charge on any atom is -0.309 e. The van der Waals surface area contributed by atoms with Crippen LogP contribution in [-0.2, 0) is 6.54 Å². The number of hydrogen-bond acceptors (Lipinski definition) is 3. The lowest BCUT2D eigenvalue weighted by atomic mass is 10.1. The van der Waals surface area contributed by atoms with Crippen molar-refractivity contribution in [3.8, 4) is 0 Å². The topological polar surface area (TPSA) is 33.1 Å². The molecule has 1 heterocycles. The van der Waals surface area contributed by atoms with Crippen LogP contribution >= 0.6 is 0 Å². The van der Waals surface area contributed by atoms with Gasteiger partial charge in [-0.25, -0.2) is 0 Å². The zero-order valence-corrected chi connectivity index (χ0v) is 13.6. The van der Waals surface area contributed by atoms with Crippen molar-refractivity contribution < 1.29 is 0 Å². The van der Waals surface area contributed by atoms with Crippen molar-refractivity contribution in [3.63, 3.8) is 0 Å². The molecule has 0 spiro atoms. The summed E-state index contributed by atoms with van der Waals surface area (Å²) in [6.45, 7) is 16.1. The van der Waals surface area contributed by atoms with E-state index in [0.29, 0.717) is 12.1 Å². The Morgan fingerprint density at radius 2 is 1.89 bits per heavy atom. The van der Waals surface area contributed by atoms with Gasteiger partial charge in [0.05, 0.1) is 5.69 Å². The number of aromatic nitrogens is 2. The lowest BCUT2D eigenvalue weighted by molar-refractivity contribution is 0.270. The van der Waals surface area contributed by atoms with E-state index < -0.39 is 0 Å². The van der Waals surface area contributed by atoms with E-state index in [4.69, 9.17) is 0 Å². The number of nitrogens with zero attached hydrogens (tertiary/aromatic N) is 3. The van der Waals surface area contributed by atoms with Crippen molar-refractivity contribution in [2.75, 3.05) is 20.1 Å². The van der Waals surface area contributed by atoms with Crippen LogP contribution in [0.3, 0.4) is 0 Å². The summed E-state index contributed by atoms with van der Waals surface area (Å²) >= 11 is 0. The Kier molecular flexibility index (Phi) is 6.01. The second-order valence-electron chi connectivity index (χ2n) is 5.65. The molecule has 4 heteroatoms. The Balaban J connectivity index is 2.59. The van der Waals surface area contributed by atoms with Gasteiger partial charge in [0.2, 0.25) is 0 Å². The Bertz CT molecular complexity index is 395. The number of likely N-dealkylation sites (N-methyl/N-ethyl adjacent to an activating group) is 1. The predicted molar refractivity (Wildman–Crippen MR) is 81.6 cm³/mol. The van der Waals surface area contributed by atoms with Crippen molar-refractivity contribution in [2.24, 2.45) is 0 Å². The molecule has 0 aliphatic heterocycles. The largest absolute Gasteiger partial charge is 0.309 e. The van der Waals surface area contributed by atoms with E-state index in [-0.39, 0.29) is 0 Å². The predicted octanol–water partition coefficient (Wildman–Crippen LogP) is 2.51. The maximum Gasteiger partial charge on any atom is 0.0644 e. The summed E-state index contributed by atoms with van der Waals surface area (Å²) in [6, 6.07) is 0.962. The van der Waals surface area contributed by atoms with Crippen molar-refractivity contribution >= 4 is 0 Å². The summed E-state index contributed by atoms with van der Waals surface area (Å²) < 4.78 is 2.09. The summed E-state index contributed by atoms with van der Waals surface area (Å²) in [7, 11) is 2.17. The van der Waals surface area contributed by atoms with Gasteiger partial charge in [0, 0.05) is 43.0 Å². The van der Waals surface area contributed by atoms with Gasteiger partial charge in [-0.1, -0.05) is 0 Å². The van der Waals surface area contributed by atoms with Crippen LogP contribution in [0.4, 0.5) is 0 Å². The average Bonchev–Trinajstić information content (AvgIpc) is 2.63. The van der Waals surface area contributed by atoms with Crippen LogP contribution in [0.1, 0.15) is 50.7 Å². The lowest BCUT2D eigenvalue weighted by Crippen LogP contribution is -2.34. The zero-order valence-electron chi connectivity index (χ0n) is 13.6. The standard InChI is InChI=1S/C15H30N4/c1-8-19-14(6)15(13(5)17-19)12(4)16-9-10-18(7)11(2)3/h11-12,16H,8-10H2,1-7H3. The van der Waals surface area contributed by atoms with Gasteiger partial charge < -0.3 is 10.2 Å². The minimum atomic E-state index is 0.362. The highest BCUT2D eigenvalue weighted by Crippen LogP contribution is 2.21. The molecule has 0 aromatic carbocycles. The molecule has 1 aromatic rings. The van der Waals surface area contributed by atoms with Gasteiger partial charge in [-0.15, -0.1) is 0 Å². The minimum absolute atomic E-state index is 0.362. The fourth-order valence-corrected chi connectivity index (χ4v) is 2.46. The van der Waals surface area contributed by atoms with E-state index in [2.05, 4.69) is 68.6 Å². The van der Waals surface area contributed by atoms with Crippen LogP contribution in [0.15, 0.2) is 0 Å². The second-order valence-corrected chi connectivity index (χ2v) is 5.65. The SMILES string of the molecule is CCn1nc(C)c(C(C)NCCN(C)C(C)C)c1C. The monoisotopic (exact) mass is 266 g/mol. The van der Waals surface area contributed by atoms with Gasteiger partial charge in [-0.05, 0) is 48.6 Å². The normalized spacial score (nSPS) is 13.5. The summed E-state index contributed by atoms with van der Waals surface area (Å²) in [5.74, 6) is 0. The number of hydrogen-bond donors (Lipinski definition) is 1. The lowest BCUT2D eigenvalue weighted by Gasteiger charge is -2.22. The second kappa shape index (κ2) is 7.06. The van der Waals surface area contributed by atoms with E-state index in [1.807, 2.05) is 0 Å². The van der Waals surface area contributed by atoms with E-state index in [9.17, 15) is 0 Å². The highest BCUT2D eigenvalue weighted by atomic mass is 15.3. The number of rotatable bonds is 7. The molecule has 1 rings (SSSR count). The quantitative estimate of drug-likeness (QED) is 0.823. The maximum atomic E-state index is 4.59. The Labute approximate surface area is 118 Å². The van der Waals surface area contributed by atoms with E-state index in [1.54, 1.807) is 0 Å². The Hall–Kier alpha value is -0.870. The molecule has 1 aromatic heterocycles. The smallest absolute Gasteiger partial charge is 0.0644 e. The van der Waals surface area contributed by atoms with Gasteiger partial charge in [-0.3, -0.25) is 4.68 Å². The average molecular weight is 266 g/mol. The van der Waals surface area contributed by atoms with Gasteiger partial charge in [0.25, 0.3) is 0 Å². The highest BCUT2D eigenvalue weighted by Gasteiger charge is 2.16. The first-order valence-corrected chi connectivity index (χ1v) is 7.36. The first-order chi connectivity index (χ1) is 8.88. The van der Waals surface area contributed by atoms with Crippen molar-refractivity contribution in [2.45, 2.75) is 60.2 Å². The van der Waals surface area contributed by atoms with Crippen molar-refractivity contribution in [3.05, 3.63) is 17.0 Å². The molecule has 0 saturated heterocycles. The first-order valence-electron chi connectivity index (χ1n) is 7.36.